The summed E-state index contributed by atoms with van der Waals surface area (Å²) in [6, 6.07) is 0. The van der Waals surface area contributed by atoms with E-state index in [1.807, 2.05) is 0 Å². The van der Waals surface area contributed by atoms with E-state index in [-0.39, 0.29) is 107 Å². The minimum Gasteiger partial charge on any atom is -1.00 e. The molecule has 0 amide bonds. The third-order valence-electron chi connectivity index (χ3n) is 0. The van der Waals surface area contributed by atoms with Crippen molar-refractivity contribution in [3.8, 4) is 0 Å². The van der Waals surface area contributed by atoms with Gasteiger partial charge in [0.15, 0.2) is 0 Å². The SMILES string of the molecule is N.[Ca+2].[Eu].[H-].[H-].[SiH4]. The Hall–Kier alpha value is 3.02. The molecule has 0 aliphatic heterocycles. The molecule has 0 saturated carbocycles. The molecule has 0 saturated heterocycles. The zero-order chi connectivity index (χ0) is 0. The summed E-state index contributed by atoms with van der Waals surface area (Å²) >= 11 is 0. The molecule has 0 fully saturated rings. The summed E-state index contributed by atoms with van der Waals surface area (Å²) in [5.74, 6) is 0. The van der Waals surface area contributed by atoms with Crippen molar-refractivity contribution in [3.05, 3.63) is 0 Å². The predicted molar refractivity (Wildman–Crippen MR) is 24.3 cm³/mol. The van der Waals surface area contributed by atoms with Crippen LogP contribution in [0, 0.1) is 49.4 Å². The molecule has 0 atom stereocenters. The molecular formula is H9CaEuNSi. The van der Waals surface area contributed by atoms with Gasteiger partial charge in [-0.3, -0.25) is 0 Å². The van der Waals surface area contributed by atoms with Crippen molar-refractivity contribution in [1.82, 2.24) is 6.15 Å². The average molecular weight is 243 g/mol. The zero-order valence-electron chi connectivity index (χ0n) is 3.79. The van der Waals surface area contributed by atoms with Gasteiger partial charge in [-0.25, -0.2) is 0 Å². The van der Waals surface area contributed by atoms with Crippen LogP contribution in [0.1, 0.15) is 2.85 Å². The van der Waals surface area contributed by atoms with Crippen LogP contribution in [-0.4, -0.2) is 48.7 Å². The Morgan fingerprint density at radius 3 is 1.25 bits per heavy atom. The Labute approximate surface area is 104 Å². The third-order valence-corrected chi connectivity index (χ3v) is 0. The van der Waals surface area contributed by atoms with Gasteiger partial charge in [-0.2, -0.15) is 0 Å². The summed E-state index contributed by atoms with van der Waals surface area (Å²) in [7, 11) is 0. The van der Waals surface area contributed by atoms with Crippen molar-refractivity contribution < 1.29 is 52.2 Å². The maximum absolute atomic E-state index is 0. The monoisotopic (exact) mass is 244 g/mol. The minimum absolute atomic E-state index is 0. The van der Waals surface area contributed by atoms with E-state index in [2.05, 4.69) is 0 Å². The van der Waals surface area contributed by atoms with Gasteiger partial charge in [0.1, 0.15) is 0 Å². The molecule has 0 spiro atoms. The van der Waals surface area contributed by atoms with Crippen LogP contribution in [0.3, 0.4) is 0 Å². The fourth-order valence-electron chi connectivity index (χ4n) is 0. The van der Waals surface area contributed by atoms with E-state index in [9.17, 15) is 0 Å². The molecule has 0 aliphatic rings. The molecule has 0 unspecified atom stereocenters. The topological polar surface area (TPSA) is 35.0 Å². The van der Waals surface area contributed by atoms with Crippen molar-refractivity contribution >= 4 is 48.7 Å². The minimum atomic E-state index is 0. The molecule has 0 aromatic carbocycles. The molecule has 4 heavy (non-hydrogen) atoms. The van der Waals surface area contributed by atoms with Gasteiger partial charge in [-0.1, -0.05) is 0 Å². The van der Waals surface area contributed by atoms with Gasteiger partial charge in [0, 0.05) is 49.4 Å². The van der Waals surface area contributed by atoms with Crippen LogP contribution < -0.4 is 6.15 Å². The second-order valence-corrected chi connectivity index (χ2v) is 0. The number of hydrogen-bond acceptors (Lipinski definition) is 1. The van der Waals surface area contributed by atoms with Gasteiger partial charge in [0.25, 0.3) is 0 Å². The van der Waals surface area contributed by atoms with Crippen molar-refractivity contribution in [2.45, 2.75) is 0 Å². The summed E-state index contributed by atoms with van der Waals surface area (Å²) < 4.78 is 0. The molecule has 0 aromatic rings. The second kappa shape index (κ2) is 16.6. The Morgan fingerprint density at radius 2 is 1.25 bits per heavy atom. The molecule has 0 aliphatic carbocycles. The average Bonchev–Trinajstić information content (AvgIpc) is 0. The molecule has 3 N–H and O–H groups in total. The van der Waals surface area contributed by atoms with Crippen LogP contribution in [0.25, 0.3) is 0 Å². The Bertz CT molecular complexity index is 13.5. The van der Waals surface area contributed by atoms with Crippen molar-refractivity contribution in [1.29, 1.82) is 0 Å². The third kappa shape index (κ3) is 8.90. The van der Waals surface area contributed by atoms with Gasteiger partial charge < -0.3 is 9.00 Å². The van der Waals surface area contributed by atoms with Gasteiger partial charge in [-0.05, 0) is 11.0 Å². The van der Waals surface area contributed by atoms with E-state index in [0.717, 1.165) is 0 Å². The largest absolute Gasteiger partial charge is 2.00 e. The Morgan fingerprint density at radius 1 is 1.25 bits per heavy atom. The molecular weight excluding hydrogens is 234 g/mol. The molecule has 4 heteroatoms. The van der Waals surface area contributed by atoms with E-state index in [1.54, 1.807) is 0 Å². The molecule has 0 aromatic heterocycles. The van der Waals surface area contributed by atoms with Crippen LogP contribution in [-0.2, 0) is 0 Å². The fraction of sp³-hybridized carbons (Fsp3) is 0. The number of hydrogen-bond donors (Lipinski definition) is 1. The van der Waals surface area contributed by atoms with Crippen LogP contribution in [0.4, 0.5) is 0 Å². The van der Waals surface area contributed by atoms with E-state index in [4.69, 9.17) is 0 Å². The summed E-state index contributed by atoms with van der Waals surface area (Å²) in [5, 5.41) is 0. The smallest absolute Gasteiger partial charge is 1.00 e. The predicted octanol–water partition coefficient (Wildman–Crippen LogP) is -1.45. The first kappa shape index (κ1) is 27.9. The van der Waals surface area contributed by atoms with E-state index >= 15 is 0 Å². The van der Waals surface area contributed by atoms with Gasteiger partial charge in [-0.15, -0.1) is 0 Å². The molecule has 0 bridgehead atoms. The van der Waals surface area contributed by atoms with E-state index in [0.29, 0.717) is 0 Å². The fourth-order valence-corrected chi connectivity index (χ4v) is 0. The molecule has 0 heterocycles. The first-order chi connectivity index (χ1) is 0. The van der Waals surface area contributed by atoms with Crippen molar-refractivity contribution in [3.63, 3.8) is 0 Å². The Kier molecular flexibility index (Phi) is 116. The number of rotatable bonds is 0. The first-order valence-electron chi connectivity index (χ1n) is 0. The zero-order valence-corrected chi connectivity index (χ0v) is 6.43. The maximum atomic E-state index is 0. The summed E-state index contributed by atoms with van der Waals surface area (Å²) in [5.41, 5.74) is 0. The first-order valence-corrected chi connectivity index (χ1v) is 0. The normalized spacial score (nSPS) is 0. The van der Waals surface area contributed by atoms with Crippen LogP contribution in [0.5, 0.6) is 0 Å². The van der Waals surface area contributed by atoms with E-state index < -0.39 is 0 Å². The quantitative estimate of drug-likeness (QED) is 0.519. The maximum Gasteiger partial charge on any atom is 2.00 e. The molecule has 27 valence electrons. The summed E-state index contributed by atoms with van der Waals surface area (Å²) in [4.78, 5) is 0. The molecule has 1 radical (unpaired) electrons. The van der Waals surface area contributed by atoms with Gasteiger partial charge in [0.2, 0.25) is 0 Å². The van der Waals surface area contributed by atoms with Crippen LogP contribution >= 0.6 is 0 Å². The summed E-state index contributed by atoms with van der Waals surface area (Å²) in [6.07, 6.45) is 0. The van der Waals surface area contributed by atoms with Crippen LogP contribution in [0.15, 0.2) is 0 Å². The van der Waals surface area contributed by atoms with Crippen molar-refractivity contribution in [2.75, 3.05) is 0 Å². The second-order valence-electron chi connectivity index (χ2n) is 0. The standard InChI is InChI=1S/Ca.Eu.H3N.H4Si.2H/h;;1H3;1H4;;/q+2;;;;2*-1. The summed E-state index contributed by atoms with van der Waals surface area (Å²) in [6.45, 7) is 0. The Balaban J connectivity index is 0. The molecule has 0 rings (SSSR count). The van der Waals surface area contributed by atoms with Crippen molar-refractivity contribution in [2.24, 2.45) is 0 Å². The van der Waals surface area contributed by atoms with Crippen LogP contribution in [0.2, 0.25) is 0 Å². The van der Waals surface area contributed by atoms with E-state index in [1.165, 1.54) is 0 Å². The van der Waals surface area contributed by atoms with Gasteiger partial charge >= 0.3 is 37.7 Å². The van der Waals surface area contributed by atoms with Gasteiger partial charge in [0.05, 0.1) is 0 Å². The molecule has 1 nitrogen and oxygen atoms in total.